The lowest BCUT2D eigenvalue weighted by molar-refractivity contribution is 0.00725. The molecule has 1 unspecified atom stereocenters. The maximum Gasteiger partial charge on any atom is 0.0651 e. The highest BCUT2D eigenvalue weighted by atomic mass is 35.5. The molecular weight excluding hydrogens is 317 g/mol. The minimum atomic E-state index is 0.196. The van der Waals surface area contributed by atoms with Crippen molar-refractivity contribution in [2.75, 3.05) is 20.2 Å². The summed E-state index contributed by atoms with van der Waals surface area (Å²) in [5.74, 6) is 0.633. The number of fused-ring (bicyclic) bond motifs is 1. The monoisotopic (exact) mass is 341 g/mol. The molecule has 0 amide bonds. The average Bonchev–Trinajstić information content (AvgIpc) is 3.19. The van der Waals surface area contributed by atoms with Gasteiger partial charge in [0.05, 0.1) is 16.1 Å². The molecular formula is C18H25Cl2NO. The molecule has 1 saturated heterocycles. The highest BCUT2D eigenvalue weighted by molar-refractivity contribution is 6.42. The SMILES string of the molecule is CO[C@@H](CC(C)C)C12CNCC[C@@]1(c1ccc(Cl)c(Cl)c1)C2. The summed E-state index contributed by atoms with van der Waals surface area (Å²) in [5, 5.41) is 4.88. The summed E-state index contributed by atoms with van der Waals surface area (Å²) in [6.45, 7) is 6.61. The number of methoxy groups -OCH3 is 1. The standard InChI is InChI=1S/C18H25Cl2NO/c1-12(2)8-16(22-3)18-10-17(18,6-7-21-11-18)13-4-5-14(19)15(20)9-13/h4-5,9,12,16,21H,6-8,10-11H2,1-3H3/t16-,17-,18?/m0/s1. The fourth-order valence-electron chi connectivity index (χ4n) is 4.52. The molecule has 22 heavy (non-hydrogen) atoms. The van der Waals surface area contributed by atoms with Crippen molar-refractivity contribution in [2.45, 2.75) is 44.6 Å². The van der Waals surface area contributed by atoms with Crippen molar-refractivity contribution < 1.29 is 4.74 Å². The van der Waals surface area contributed by atoms with E-state index in [1.165, 1.54) is 12.0 Å². The minimum absolute atomic E-state index is 0.196. The van der Waals surface area contributed by atoms with E-state index in [1.54, 1.807) is 0 Å². The summed E-state index contributed by atoms with van der Waals surface area (Å²) in [5.41, 5.74) is 1.72. The van der Waals surface area contributed by atoms with E-state index in [1.807, 2.05) is 13.2 Å². The number of piperidine rings is 1. The van der Waals surface area contributed by atoms with Crippen molar-refractivity contribution in [1.82, 2.24) is 5.32 Å². The lowest BCUT2D eigenvalue weighted by Crippen LogP contribution is -2.45. The lowest BCUT2D eigenvalue weighted by Gasteiger charge is -2.37. The Morgan fingerprint density at radius 3 is 2.68 bits per heavy atom. The fraction of sp³-hybridized carbons (Fsp3) is 0.667. The van der Waals surface area contributed by atoms with Crippen molar-refractivity contribution in [1.29, 1.82) is 0 Å². The van der Waals surface area contributed by atoms with Crippen molar-refractivity contribution in [2.24, 2.45) is 11.3 Å². The van der Waals surface area contributed by atoms with Crippen LogP contribution < -0.4 is 5.32 Å². The van der Waals surface area contributed by atoms with Crippen LogP contribution in [0.1, 0.15) is 38.7 Å². The van der Waals surface area contributed by atoms with Crippen LogP contribution in [0.2, 0.25) is 10.0 Å². The predicted molar refractivity (Wildman–Crippen MR) is 92.9 cm³/mol. The molecule has 3 rings (SSSR count). The summed E-state index contributed by atoms with van der Waals surface area (Å²) in [6, 6.07) is 6.16. The summed E-state index contributed by atoms with van der Waals surface area (Å²) in [7, 11) is 1.86. The third-order valence-electron chi connectivity index (χ3n) is 5.67. The Morgan fingerprint density at radius 1 is 1.27 bits per heavy atom. The second kappa shape index (κ2) is 5.98. The van der Waals surface area contributed by atoms with Gasteiger partial charge in [-0.2, -0.15) is 0 Å². The van der Waals surface area contributed by atoms with Gasteiger partial charge in [-0.3, -0.25) is 0 Å². The van der Waals surface area contributed by atoms with E-state index in [2.05, 4.69) is 31.3 Å². The normalized spacial score (nSPS) is 31.9. The first-order valence-electron chi connectivity index (χ1n) is 8.14. The molecule has 1 N–H and O–H groups in total. The summed E-state index contributed by atoms with van der Waals surface area (Å²) >= 11 is 12.4. The summed E-state index contributed by atoms with van der Waals surface area (Å²) in [6.07, 6.45) is 3.70. The first-order chi connectivity index (χ1) is 10.4. The van der Waals surface area contributed by atoms with Gasteiger partial charge in [0.15, 0.2) is 0 Å². The van der Waals surface area contributed by atoms with Crippen molar-refractivity contribution in [3.63, 3.8) is 0 Å². The van der Waals surface area contributed by atoms with Gasteiger partial charge in [-0.25, -0.2) is 0 Å². The van der Waals surface area contributed by atoms with Gasteiger partial charge in [0, 0.05) is 24.5 Å². The zero-order valence-electron chi connectivity index (χ0n) is 13.6. The molecule has 0 aromatic heterocycles. The third-order valence-corrected chi connectivity index (χ3v) is 6.41. The van der Waals surface area contributed by atoms with Gasteiger partial charge in [-0.15, -0.1) is 0 Å². The highest BCUT2D eigenvalue weighted by Crippen LogP contribution is 2.70. The number of benzene rings is 1. The largest absolute Gasteiger partial charge is 0.381 e. The molecule has 1 aromatic rings. The Bertz CT molecular complexity index is 562. The quantitative estimate of drug-likeness (QED) is 0.839. The van der Waals surface area contributed by atoms with E-state index < -0.39 is 0 Å². The Labute approximate surface area is 143 Å². The molecule has 2 nitrogen and oxygen atoms in total. The number of rotatable bonds is 5. The first-order valence-corrected chi connectivity index (χ1v) is 8.90. The average molecular weight is 342 g/mol. The number of hydrogen-bond donors (Lipinski definition) is 1. The van der Waals surface area contributed by atoms with Crippen LogP contribution in [0.3, 0.4) is 0 Å². The van der Waals surface area contributed by atoms with Crippen LogP contribution in [-0.2, 0) is 10.2 Å². The highest BCUT2D eigenvalue weighted by Gasteiger charge is 2.71. The third kappa shape index (κ3) is 2.49. The number of hydrogen-bond acceptors (Lipinski definition) is 2. The van der Waals surface area contributed by atoms with Crippen LogP contribution >= 0.6 is 23.2 Å². The number of ether oxygens (including phenoxy) is 1. The van der Waals surface area contributed by atoms with Gasteiger partial charge in [-0.05, 0) is 49.4 Å². The first kappa shape index (κ1) is 16.6. The van der Waals surface area contributed by atoms with Gasteiger partial charge < -0.3 is 10.1 Å². The Balaban J connectivity index is 1.96. The van der Waals surface area contributed by atoms with E-state index >= 15 is 0 Å². The van der Waals surface area contributed by atoms with Crippen LogP contribution in [0, 0.1) is 11.3 Å². The van der Waals surface area contributed by atoms with Gasteiger partial charge >= 0.3 is 0 Å². The molecule has 4 heteroatoms. The van der Waals surface area contributed by atoms with Crippen LogP contribution in [-0.4, -0.2) is 26.3 Å². The van der Waals surface area contributed by atoms with E-state index in [4.69, 9.17) is 27.9 Å². The van der Waals surface area contributed by atoms with Gasteiger partial charge in [0.25, 0.3) is 0 Å². The Hall–Kier alpha value is -0.280. The molecule has 0 radical (unpaired) electrons. The van der Waals surface area contributed by atoms with Crippen molar-refractivity contribution >= 4 is 23.2 Å². The number of nitrogens with one attached hydrogen (secondary N) is 1. The molecule has 122 valence electrons. The molecule has 2 aliphatic rings. The molecule has 1 saturated carbocycles. The zero-order valence-corrected chi connectivity index (χ0v) is 15.1. The summed E-state index contributed by atoms with van der Waals surface area (Å²) < 4.78 is 5.95. The van der Waals surface area contributed by atoms with Gasteiger partial charge in [0.2, 0.25) is 0 Å². The van der Waals surface area contributed by atoms with E-state index in [0.717, 1.165) is 25.9 Å². The maximum atomic E-state index is 6.28. The second-order valence-electron chi connectivity index (χ2n) is 7.32. The van der Waals surface area contributed by atoms with Crippen LogP contribution in [0.4, 0.5) is 0 Å². The van der Waals surface area contributed by atoms with Crippen molar-refractivity contribution in [3.05, 3.63) is 33.8 Å². The molecule has 0 bridgehead atoms. The Kier molecular flexibility index (Phi) is 4.50. The Morgan fingerprint density at radius 2 is 2.05 bits per heavy atom. The minimum Gasteiger partial charge on any atom is -0.381 e. The molecule has 2 fully saturated rings. The van der Waals surface area contributed by atoms with E-state index in [-0.39, 0.29) is 16.9 Å². The fourth-order valence-corrected chi connectivity index (χ4v) is 4.81. The van der Waals surface area contributed by atoms with Gasteiger partial charge in [-0.1, -0.05) is 43.1 Å². The number of halogens is 2. The molecule has 3 atom stereocenters. The van der Waals surface area contributed by atoms with E-state index in [9.17, 15) is 0 Å². The van der Waals surface area contributed by atoms with Crippen molar-refractivity contribution in [3.8, 4) is 0 Å². The molecule has 0 spiro atoms. The predicted octanol–water partition coefficient (Wildman–Crippen LogP) is 4.68. The van der Waals surface area contributed by atoms with Gasteiger partial charge in [0.1, 0.15) is 0 Å². The summed E-state index contributed by atoms with van der Waals surface area (Å²) in [4.78, 5) is 0. The lowest BCUT2D eigenvalue weighted by atomic mass is 9.76. The molecule has 1 heterocycles. The van der Waals surface area contributed by atoms with Crippen LogP contribution in [0.15, 0.2) is 18.2 Å². The molecule has 1 aliphatic heterocycles. The molecule has 1 aliphatic carbocycles. The van der Waals surface area contributed by atoms with E-state index in [0.29, 0.717) is 16.0 Å². The maximum absolute atomic E-state index is 6.28. The zero-order chi connectivity index (χ0) is 16.0. The molecule has 1 aromatic carbocycles. The second-order valence-corrected chi connectivity index (χ2v) is 8.14. The smallest absolute Gasteiger partial charge is 0.0651 e. The van der Waals surface area contributed by atoms with Crippen LogP contribution in [0.5, 0.6) is 0 Å². The topological polar surface area (TPSA) is 21.3 Å². The van der Waals surface area contributed by atoms with Crippen LogP contribution in [0.25, 0.3) is 0 Å².